The second-order valence-corrected chi connectivity index (χ2v) is 9.60. The summed E-state index contributed by atoms with van der Waals surface area (Å²) in [4.78, 5) is 12.5. The Morgan fingerprint density at radius 3 is 2.70 bits per heavy atom. The van der Waals surface area contributed by atoms with Gasteiger partial charge < -0.3 is 10.1 Å². The van der Waals surface area contributed by atoms with E-state index in [-0.39, 0.29) is 40.7 Å². The number of carbonyl (C=O) groups is 1. The third-order valence-corrected chi connectivity index (χ3v) is 7.58. The molecule has 4 rings (SSSR count). The van der Waals surface area contributed by atoms with Crippen molar-refractivity contribution in [1.29, 1.82) is 0 Å². The number of amides is 1. The van der Waals surface area contributed by atoms with Crippen molar-refractivity contribution in [2.24, 2.45) is 28.6 Å². The van der Waals surface area contributed by atoms with E-state index in [9.17, 15) is 13.6 Å². The van der Waals surface area contributed by atoms with Crippen LogP contribution in [0.5, 0.6) is 0 Å². The van der Waals surface area contributed by atoms with E-state index in [0.717, 1.165) is 25.3 Å². The van der Waals surface area contributed by atoms with Gasteiger partial charge in [0.05, 0.1) is 6.10 Å². The highest BCUT2D eigenvalue weighted by Gasteiger charge is 2.68. The molecule has 1 aromatic carbocycles. The maximum Gasteiger partial charge on any atom is 0.222 e. The van der Waals surface area contributed by atoms with E-state index in [0.29, 0.717) is 18.1 Å². The van der Waals surface area contributed by atoms with Crippen molar-refractivity contribution in [1.82, 2.24) is 5.32 Å². The molecule has 5 heteroatoms. The van der Waals surface area contributed by atoms with Crippen LogP contribution in [0.1, 0.15) is 58.6 Å². The molecule has 1 N–H and O–H groups in total. The summed E-state index contributed by atoms with van der Waals surface area (Å²) < 4.78 is 33.9. The van der Waals surface area contributed by atoms with Gasteiger partial charge in [0.15, 0.2) is 0 Å². The van der Waals surface area contributed by atoms with Crippen molar-refractivity contribution < 1.29 is 18.3 Å². The van der Waals surface area contributed by atoms with Gasteiger partial charge in [-0.25, -0.2) is 8.78 Å². The molecular formula is C22H29F2NO2. The number of halogens is 2. The molecule has 1 saturated heterocycles. The topological polar surface area (TPSA) is 38.3 Å². The maximum atomic E-state index is 14.5. The van der Waals surface area contributed by atoms with E-state index in [4.69, 9.17) is 4.74 Å². The molecule has 148 valence electrons. The molecule has 1 heterocycles. The average Bonchev–Trinajstić information content (AvgIpc) is 3.07. The number of rotatable bonds is 3. The van der Waals surface area contributed by atoms with Crippen LogP contribution in [0.3, 0.4) is 0 Å². The number of nitrogens with one attached hydrogen (secondary N) is 1. The largest absolute Gasteiger partial charge is 0.373 e. The van der Waals surface area contributed by atoms with Gasteiger partial charge >= 0.3 is 0 Å². The van der Waals surface area contributed by atoms with Crippen LogP contribution in [-0.2, 0) is 9.53 Å². The molecule has 3 nitrogen and oxygen atoms in total. The minimum atomic E-state index is -0.571. The molecule has 1 aliphatic heterocycles. The first kappa shape index (κ1) is 18.9. The van der Waals surface area contributed by atoms with E-state index in [1.165, 1.54) is 12.1 Å². The first-order valence-electron chi connectivity index (χ1n) is 10.0. The fourth-order valence-electron chi connectivity index (χ4n) is 6.14. The predicted octanol–water partition coefficient (Wildman–Crippen LogP) is 4.62. The molecular weight excluding hydrogens is 348 g/mol. The molecule has 5 atom stereocenters. The summed E-state index contributed by atoms with van der Waals surface area (Å²) in [7, 11) is 0. The molecule has 1 spiro atoms. The number of fused-ring (bicyclic) bond motifs is 1. The van der Waals surface area contributed by atoms with E-state index >= 15 is 0 Å². The van der Waals surface area contributed by atoms with Crippen LogP contribution in [0.15, 0.2) is 18.2 Å². The zero-order valence-corrected chi connectivity index (χ0v) is 16.5. The van der Waals surface area contributed by atoms with E-state index in [1.807, 2.05) is 13.8 Å². The molecule has 0 radical (unpaired) electrons. The molecule has 2 aliphatic carbocycles. The number of ether oxygens (including phenoxy) is 1. The highest BCUT2D eigenvalue weighted by Crippen LogP contribution is 2.70. The van der Waals surface area contributed by atoms with Gasteiger partial charge in [0.2, 0.25) is 5.91 Å². The summed E-state index contributed by atoms with van der Waals surface area (Å²) >= 11 is 0. The number of carbonyl (C=O) groups excluding carboxylic acids is 1. The molecule has 0 aromatic heterocycles. The fraction of sp³-hybridized carbons (Fsp3) is 0.682. The third-order valence-electron chi connectivity index (χ3n) is 7.58. The first-order valence-corrected chi connectivity index (χ1v) is 10.0. The Kier molecular flexibility index (Phi) is 4.37. The molecule has 0 unspecified atom stereocenters. The molecule has 3 fully saturated rings. The van der Waals surface area contributed by atoms with Gasteiger partial charge in [0.1, 0.15) is 11.6 Å². The van der Waals surface area contributed by atoms with Crippen molar-refractivity contribution in [3.8, 4) is 0 Å². The van der Waals surface area contributed by atoms with Crippen LogP contribution in [-0.4, -0.2) is 18.6 Å². The Hall–Kier alpha value is -1.49. The van der Waals surface area contributed by atoms with Crippen LogP contribution in [0.4, 0.5) is 8.78 Å². The highest BCUT2D eigenvalue weighted by molar-refractivity contribution is 5.78. The summed E-state index contributed by atoms with van der Waals surface area (Å²) in [5.74, 6) is -0.501. The van der Waals surface area contributed by atoms with Crippen LogP contribution in [0, 0.1) is 40.2 Å². The van der Waals surface area contributed by atoms with Gasteiger partial charge in [-0.1, -0.05) is 33.8 Å². The van der Waals surface area contributed by atoms with Gasteiger partial charge in [-0.3, -0.25) is 4.79 Å². The molecule has 27 heavy (non-hydrogen) atoms. The Labute approximate surface area is 159 Å². The average molecular weight is 377 g/mol. The zero-order valence-electron chi connectivity index (χ0n) is 16.5. The lowest BCUT2D eigenvalue weighted by atomic mass is 9.58. The fourth-order valence-corrected chi connectivity index (χ4v) is 6.14. The second kappa shape index (κ2) is 6.26. The highest BCUT2D eigenvalue weighted by atomic mass is 19.1. The lowest BCUT2D eigenvalue weighted by Crippen LogP contribution is -2.59. The standard InChI is InChI=1S/C22H29F2NO2/c1-12(2)19(26)25-20-21(3,4)13-9-16-18(27-8-7-22(16,20)11-13)15-6-5-14(23)10-17(15)24/h5-6,10,12-13,16,18,20H,7-9,11H2,1-4H3,(H,25,26)/t13-,16-,18-,20+,22-/m1/s1. The van der Waals surface area contributed by atoms with Gasteiger partial charge in [0, 0.05) is 30.2 Å². The summed E-state index contributed by atoms with van der Waals surface area (Å²) in [5.41, 5.74) is 0.368. The van der Waals surface area contributed by atoms with Crippen LogP contribution in [0.2, 0.25) is 0 Å². The van der Waals surface area contributed by atoms with Crippen molar-refractivity contribution in [3.63, 3.8) is 0 Å². The van der Waals surface area contributed by atoms with E-state index in [1.54, 1.807) is 0 Å². The second-order valence-electron chi connectivity index (χ2n) is 9.60. The lowest BCUT2D eigenvalue weighted by Gasteiger charge is -2.53. The zero-order chi connectivity index (χ0) is 19.6. The van der Waals surface area contributed by atoms with Crippen molar-refractivity contribution in [2.75, 3.05) is 6.61 Å². The number of hydrogen-bond acceptors (Lipinski definition) is 2. The van der Waals surface area contributed by atoms with E-state index < -0.39 is 11.6 Å². The van der Waals surface area contributed by atoms with Crippen LogP contribution < -0.4 is 5.32 Å². The van der Waals surface area contributed by atoms with Crippen LogP contribution >= 0.6 is 0 Å². The van der Waals surface area contributed by atoms with Crippen molar-refractivity contribution >= 4 is 5.91 Å². The summed E-state index contributed by atoms with van der Waals surface area (Å²) in [5, 5.41) is 3.34. The molecule has 2 saturated carbocycles. The Bertz CT molecular complexity index is 763. The molecule has 1 amide bonds. The normalized spacial score (nSPS) is 36.7. The SMILES string of the molecule is CC(C)C(=O)N[C@H]1C(C)(C)[C@@H]2C[C@@H]3[C@@H](c4ccc(F)cc4F)OCC[C@@]31C2. The summed E-state index contributed by atoms with van der Waals surface area (Å²) in [6, 6.07) is 3.82. The minimum Gasteiger partial charge on any atom is -0.373 e. The number of benzene rings is 1. The van der Waals surface area contributed by atoms with Gasteiger partial charge in [-0.2, -0.15) is 0 Å². The predicted molar refractivity (Wildman–Crippen MR) is 98.9 cm³/mol. The molecule has 1 aromatic rings. The maximum absolute atomic E-state index is 14.5. The van der Waals surface area contributed by atoms with Crippen molar-refractivity contribution in [3.05, 3.63) is 35.4 Å². The monoisotopic (exact) mass is 377 g/mol. The Balaban J connectivity index is 1.71. The summed E-state index contributed by atoms with van der Waals surface area (Å²) in [6.07, 6.45) is 2.50. The minimum absolute atomic E-state index is 0.00425. The molecule has 2 bridgehead atoms. The van der Waals surface area contributed by atoms with Gasteiger partial charge in [-0.05, 0) is 48.0 Å². The summed E-state index contributed by atoms with van der Waals surface area (Å²) in [6.45, 7) is 8.85. The molecule has 3 aliphatic rings. The first-order chi connectivity index (χ1) is 12.7. The van der Waals surface area contributed by atoms with Gasteiger partial charge in [-0.15, -0.1) is 0 Å². The quantitative estimate of drug-likeness (QED) is 0.835. The smallest absolute Gasteiger partial charge is 0.222 e. The lowest BCUT2D eigenvalue weighted by molar-refractivity contribution is -0.139. The van der Waals surface area contributed by atoms with E-state index in [2.05, 4.69) is 19.2 Å². The Morgan fingerprint density at radius 1 is 1.30 bits per heavy atom. The van der Waals surface area contributed by atoms with Crippen molar-refractivity contribution in [2.45, 2.75) is 59.1 Å². The van der Waals surface area contributed by atoms with Crippen LogP contribution in [0.25, 0.3) is 0 Å². The third kappa shape index (κ3) is 2.72. The Morgan fingerprint density at radius 2 is 2.04 bits per heavy atom. The van der Waals surface area contributed by atoms with Gasteiger partial charge in [0.25, 0.3) is 0 Å². The number of hydrogen-bond donors (Lipinski definition) is 1.